The van der Waals surface area contributed by atoms with Crippen LogP contribution in [0.5, 0.6) is 0 Å². The lowest BCUT2D eigenvalue weighted by Crippen LogP contribution is -2.39. The van der Waals surface area contributed by atoms with Gasteiger partial charge < -0.3 is 10.6 Å². The van der Waals surface area contributed by atoms with Crippen LogP contribution in [-0.4, -0.2) is 30.6 Å². The van der Waals surface area contributed by atoms with Crippen LogP contribution in [0.1, 0.15) is 41.2 Å². The quantitative estimate of drug-likeness (QED) is 0.340. The van der Waals surface area contributed by atoms with Gasteiger partial charge in [0.2, 0.25) is 0 Å². The van der Waals surface area contributed by atoms with E-state index in [1.165, 1.54) is 14.8 Å². The van der Waals surface area contributed by atoms with Crippen LogP contribution < -0.4 is 10.6 Å². The summed E-state index contributed by atoms with van der Waals surface area (Å²) in [5.41, 5.74) is 1.20. The minimum Gasteiger partial charge on any atom is -0.357 e. The van der Waals surface area contributed by atoms with Gasteiger partial charge in [-0.3, -0.25) is 4.99 Å². The molecule has 0 saturated carbocycles. The number of halogens is 1. The number of nitrogens with zero attached hydrogens (tertiary/aromatic N) is 2. The predicted octanol–water partition coefficient (Wildman–Crippen LogP) is 4.51. The molecule has 2 heterocycles. The average molecular weight is 492 g/mol. The molecule has 4 nitrogen and oxygen atoms in total. The zero-order valence-corrected chi connectivity index (χ0v) is 19.6. The van der Waals surface area contributed by atoms with Gasteiger partial charge in [-0.2, -0.15) is 0 Å². The number of guanidine groups is 1. The first-order chi connectivity index (χ1) is 11.4. The van der Waals surface area contributed by atoms with E-state index in [1.807, 2.05) is 0 Å². The lowest BCUT2D eigenvalue weighted by molar-refractivity contribution is 0.548. The zero-order valence-electron chi connectivity index (χ0n) is 15.7. The Bertz CT molecular complexity index is 643. The molecular weight excluding hydrogens is 463 g/mol. The molecule has 0 aromatic carbocycles. The molecule has 0 atom stereocenters. The maximum Gasteiger partial charge on any atom is 0.191 e. The van der Waals surface area contributed by atoms with Crippen LogP contribution in [0, 0.1) is 13.8 Å². The maximum absolute atomic E-state index is 4.78. The van der Waals surface area contributed by atoms with Crippen molar-refractivity contribution in [2.24, 2.45) is 4.99 Å². The molecule has 2 N–H and O–H groups in total. The van der Waals surface area contributed by atoms with Gasteiger partial charge in [-0.1, -0.05) is 19.9 Å². The van der Waals surface area contributed by atoms with Crippen molar-refractivity contribution in [1.29, 1.82) is 0 Å². The summed E-state index contributed by atoms with van der Waals surface area (Å²) in [6, 6.07) is 4.29. The van der Waals surface area contributed by atoms with E-state index in [0.717, 1.165) is 37.7 Å². The van der Waals surface area contributed by atoms with Gasteiger partial charge in [0.25, 0.3) is 0 Å². The Hall–Kier alpha value is -0.670. The maximum atomic E-state index is 4.78. The number of thiazole rings is 1. The summed E-state index contributed by atoms with van der Waals surface area (Å²) in [7, 11) is 0. The van der Waals surface area contributed by atoms with Crippen molar-refractivity contribution < 1.29 is 0 Å². The molecule has 2 aromatic rings. The summed E-state index contributed by atoms with van der Waals surface area (Å²) in [6.07, 6.45) is 0.929. The monoisotopic (exact) mass is 492 g/mol. The first-order valence-electron chi connectivity index (χ1n) is 8.41. The Morgan fingerprint density at radius 3 is 2.60 bits per heavy atom. The number of hydrogen-bond donors (Lipinski definition) is 2. The topological polar surface area (TPSA) is 49.3 Å². The van der Waals surface area contributed by atoms with Crippen molar-refractivity contribution in [3.8, 4) is 0 Å². The molecule has 0 unspecified atom stereocenters. The first-order valence-corrected chi connectivity index (χ1v) is 10.1. The fourth-order valence-electron chi connectivity index (χ4n) is 2.29. The molecule has 2 rings (SSSR count). The Balaban J connectivity index is 0.00000312. The molecule has 0 radical (unpaired) electrons. The molecule has 140 valence electrons. The third-order valence-electron chi connectivity index (χ3n) is 3.87. The van der Waals surface area contributed by atoms with E-state index < -0.39 is 0 Å². The third-order valence-corrected chi connectivity index (χ3v) is 6.24. The standard InChI is InChI=1S/C18H28N4S2.HI/c1-6-19-17(20-10-9-16-22-13(2)14(3)24-16)21-12-18(4,5)15-8-7-11-23-15;/h7-8,11H,6,9-10,12H2,1-5H3,(H2,19,20,21);1H. The number of aliphatic imine (C=N–C) groups is 1. The van der Waals surface area contributed by atoms with E-state index in [4.69, 9.17) is 4.99 Å². The van der Waals surface area contributed by atoms with Crippen molar-refractivity contribution in [2.75, 3.05) is 19.6 Å². The number of aromatic nitrogens is 1. The van der Waals surface area contributed by atoms with Gasteiger partial charge >= 0.3 is 0 Å². The summed E-state index contributed by atoms with van der Waals surface area (Å²) >= 11 is 3.58. The summed E-state index contributed by atoms with van der Waals surface area (Å²) in [5, 5.41) is 10.1. The number of thiophene rings is 1. The largest absolute Gasteiger partial charge is 0.357 e. The first kappa shape index (κ1) is 22.4. The van der Waals surface area contributed by atoms with Crippen LogP contribution >= 0.6 is 46.7 Å². The predicted molar refractivity (Wildman–Crippen MR) is 122 cm³/mol. The second kappa shape index (κ2) is 10.5. The fourth-order valence-corrected chi connectivity index (χ4v) is 4.07. The van der Waals surface area contributed by atoms with Gasteiger partial charge in [-0.25, -0.2) is 4.98 Å². The van der Waals surface area contributed by atoms with Gasteiger partial charge in [-0.05, 0) is 32.2 Å². The number of rotatable bonds is 7. The molecule has 0 aliphatic carbocycles. The van der Waals surface area contributed by atoms with E-state index in [9.17, 15) is 0 Å². The Labute approximate surface area is 176 Å². The Morgan fingerprint density at radius 1 is 1.28 bits per heavy atom. The van der Waals surface area contributed by atoms with E-state index in [-0.39, 0.29) is 29.4 Å². The summed E-state index contributed by atoms with van der Waals surface area (Å²) in [6.45, 7) is 13.2. The molecule has 0 spiro atoms. The molecule has 2 aromatic heterocycles. The second-order valence-corrected chi connectivity index (χ2v) is 8.72. The van der Waals surface area contributed by atoms with E-state index in [0.29, 0.717) is 0 Å². The minimum atomic E-state index is 0. The number of aryl methyl sites for hydroxylation is 2. The van der Waals surface area contributed by atoms with Crippen molar-refractivity contribution in [3.05, 3.63) is 38.0 Å². The Kier molecular flexibility index (Phi) is 9.37. The molecule has 0 fully saturated rings. The summed E-state index contributed by atoms with van der Waals surface area (Å²) in [4.78, 5) is 12.1. The van der Waals surface area contributed by atoms with Crippen LogP contribution in [0.15, 0.2) is 22.5 Å². The van der Waals surface area contributed by atoms with E-state index >= 15 is 0 Å². The van der Waals surface area contributed by atoms with Crippen LogP contribution in [0.2, 0.25) is 0 Å². The highest BCUT2D eigenvalue weighted by Gasteiger charge is 2.21. The molecular formula is C18H29IN4S2. The molecule has 0 aliphatic heterocycles. The highest BCUT2D eigenvalue weighted by molar-refractivity contribution is 14.0. The SMILES string of the molecule is CCNC(=NCC(C)(C)c1cccs1)NCCc1nc(C)c(C)s1.I. The van der Waals surface area contributed by atoms with Crippen LogP contribution in [-0.2, 0) is 11.8 Å². The molecule has 0 saturated heterocycles. The molecule has 0 bridgehead atoms. The smallest absolute Gasteiger partial charge is 0.191 e. The van der Waals surface area contributed by atoms with Gasteiger partial charge in [0, 0.05) is 34.7 Å². The Morgan fingerprint density at radius 2 is 2.04 bits per heavy atom. The summed E-state index contributed by atoms with van der Waals surface area (Å²) < 4.78 is 0. The zero-order chi connectivity index (χ0) is 17.6. The summed E-state index contributed by atoms with van der Waals surface area (Å²) in [5.74, 6) is 0.882. The van der Waals surface area contributed by atoms with Crippen molar-refractivity contribution in [1.82, 2.24) is 15.6 Å². The van der Waals surface area contributed by atoms with E-state index in [1.54, 1.807) is 22.7 Å². The lowest BCUT2D eigenvalue weighted by atomic mass is 9.92. The fraction of sp³-hybridized carbons (Fsp3) is 0.556. The van der Waals surface area contributed by atoms with Crippen LogP contribution in [0.25, 0.3) is 0 Å². The molecule has 7 heteroatoms. The van der Waals surface area contributed by atoms with Gasteiger partial charge in [0.15, 0.2) is 5.96 Å². The van der Waals surface area contributed by atoms with Gasteiger partial charge in [-0.15, -0.1) is 46.7 Å². The molecule has 0 aliphatic rings. The van der Waals surface area contributed by atoms with Crippen LogP contribution in [0.4, 0.5) is 0 Å². The second-order valence-electron chi connectivity index (χ2n) is 6.48. The van der Waals surface area contributed by atoms with Crippen LogP contribution in [0.3, 0.4) is 0 Å². The van der Waals surface area contributed by atoms with Gasteiger partial charge in [0.05, 0.1) is 17.2 Å². The number of hydrogen-bond acceptors (Lipinski definition) is 4. The normalized spacial score (nSPS) is 12.0. The number of nitrogens with one attached hydrogen (secondary N) is 2. The highest BCUT2D eigenvalue weighted by Crippen LogP contribution is 2.27. The highest BCUT2D eigenvalue weighted by atomic mass is 127. The van der Waals surface area contributed by atoms with Crippen molar-refractivity contribution >= 4 is 52.6 Å². The molecule has 25 heavy (non-hydrogen) atoms. The van der Waals surface area contributed by atoms with Crippen molar-refractivity contribution in [2.45, 2.75) is 46.5 Å². The minimum absolute atomic E-state index is 0. The lowest BCUT2D eigenvalue weighted by Gasteiger charge is -2.21. The average Bonchev–Trinajstić information content (AvgIpc) is 3.16. The molecule has 0 amide bonds. The third kappa shape index (κ3) is 6.86. The van der Waals surface area contributed by atoms with Gasteiger partial charge in [0.1, 0.15) is 0 Å². The van der Waals surface area contributed by atoms with Crippen molar-refractivity contribution in [3.63, 3.8) is 0 Å². The van der Waals surface area contributed by atoms with E-state index in [2.05, 4.69) is 67.7 Å².